The summed E-state index contributed by atoms with van der Waals surface area (Å²) < 4.78 is 55.7. The quantitative estimate of drug-likeness (QED) is 0.0573. The van der Waals surface area contributed by atoms with Crippen molar-refractivity contribution in [3.63, 3.8) is 0 Å². The average Bonchev–Trinajstić information content (AvgIpc) is 4.03. The van der Waals surface area contributed by atoms with Crippen molar-refractivity contribution in [1.82, 2.24) is 34.7 Å². The van der Waals surface area contributed by atoms with Gasteiger partial charge in [0.05, 0.1) is 62.9 Å². The van der Waals surface area contributed by atoms with Crippen LogP contribution in [-0.4, -0.2) is 131 Å². The molecule has 1 saturated carbocycles. The number of piperidine rings is 1. The Kier molecular flexibility index (Phi) is 16.2. The molecule has 0 bridgehead atoms. The van der Waals surface area contributed by atoms with Crippen LogP contribution in [0.4, 0.5) is 14.6 Å². The van der Waals surface area contributed by atoms with E-state index < -0.39 is 28.8 Å². The number of aromatic nitrogens is 4. The number of carbonyl (C=O) groups excluding carboxylic acids is 4. The number of amides is 4. The van der Waals surface area contributed by atoms with E-state index in [0.29, 0.717) is 86.6 Å². The summed E-state index contributed by atoms with van der Waals surface area (Å²) in [5.41, 5.74) is 1.96. The molecular formula is C55H60F2N8O11. The Morgan fingerprint density at radius 1 is 0.776 bits per heavy atom. The lowest BCUT2D eigenvalue weighted by Crippen LogP contribution is -2.50. The lowest BCUT2D eigenvalue weighted by molar-refractivity contribution is -0.286. The Hall–Kier alpha value is -7.59. The van der Waals surface area contributed by atoms with Crippen LogP contribution in [0, 0.1) is 6.92 Å². The first-order chi connectivity index (χ1) is 36.6. The molecule has 0 unspecified atom stereocenters. The number of alkyl halides is 2. The van der Waals surface area contributed by atoms with Crippen molar-refractivity contribution in [2.75, 3.05) is 71.1 Å². The molecule has 2 aliphatic heterocycles. The molecule has 3 aliphatic rings. The molecule has 400 valence electrons. The Morgan fingerprint density at radius 2 is 1.46 bits per heavy atom. The zero-order chi connectivity index (χ0) is 53.5. The molecule has 76 heavy (non-hydrogen) atoms. The fourth-order valence-electron chi connectivity index (χ4n) is 9.41. The number of halogens is 2. The molecule has 0 radical (unpaired) electrons. The number of nitrogens with zero attached hydrogens (tertiary/aromatic N) is 5. The van der Waals surface area contributed by atoms with Gasteiger partial charge in [0, 0.05) is 43.7 Å². The fraction of sp³-hybridized carbons (Fsp3) is 0.400. The van der Waals surface area contributed by atoms with E-state index in [2.05, 4.69) is 30.5 Å². The normalized spacial score (nSPS) is 16.2. The van der Waals surface area contributed by atoms with E-state index >= 15 is 0 Å². The van der Waals surface area contributed by atoms with E-state index in [1.807, 2.05) is 56.3 Å². The predicted octanol–water partition coefficient (Wildman–Crippen LogP) is 5.62. The molecule has 2 fully saturated rings. The number of aliphatic hydroxyl groups is 1. The topological polar surface area (TPSA) is 226 Å². The van der Waals surface area contributed by atoms with Gasteiger partial charge in [-0.3, -0.25) is 28.5 Å². The summed E-state index contributed by atoms with van der Waals surface area (Å²) in [6, 6.07) is 27.8. The van der Waals surface area contributed by atoms with Crippen molar-refractivity contribution in [3.05, 3.63) is 142 Å². The summed E-state index contributed by atoms with van der Waals surface area (Å²) in [5, 5.41) is 24.2. The number of fused-ring (bicyclic) bond motifs is 2. The lowest BCUT2D eigenvalue weighted by atomic mass is 9.90. The molecule has 1 aliphatic carbocycles. The van der Waals surface area contributed by atoms with E-state index in [-0.39, 0.29) is 92.4 Å². The van der Waals surface area contributed by atoms with Crippen molar-refractivity contribution in [2.24, 2.45) is 0 Å². The van der Waals surface area contributed by atoms with Gasteiger partial charge in [0.1, 0.15) is 23.4 Å². The number of aryl methyl sites for hydroxylation is 1. The number of benzene rings is 3. The number of hydrogen-bond acceptors (Lipinski definition) is 13. The van der Waals surface area contributed by atoms with Crippen LogP contribution >= 0.6 is 0 Å². The van der Waals surface area contributed by atoms with Crippen molar-refractivity contribution in [1.29, 1.82) is 0 Å². The molecule has 1 atom stereocenters. The van der Waals surface area contributed by atoms with E-state index in [9.17, 15) is 37.9 Å². The molecule has 1 saturated heterocycles. The summed E-state index contributed by atoms with van der Waals surface area (Å²) in [6.45, 7) is 6.74. The van der Waals surface area contributed by atoms with E-state index in [0.717, 1.165) is 11.1 Å². The molecule has 4 N–H and O–H groups in total. The Labute approximate surface area is 436 Å². The zero-order valence-electron chi connectivity index (χ0n) is 42.2. The molecule has 9 rings (SSSR count). The van der Waals surface area contributed by atoms with Gasteiger partial charge in [-0.1, -0.05) is 61.5 Å². The van der Waals surface area contributed by atoms with E-state index in [1.54, 1.807) is 35.2 Å². The summed E-state index contributed by atoms with van der Waals surface area (Å²) in [5.74, 6) is -0.873. The smallest absolute Gasteiger partial charge is 0.395 e. The van der Waals surface area contributed by atoms with Crippen LogP contribution in [0.3, 0.4) is 0 Å². The van der Waals surface area contributed by atoms with Gasteiger partial charge < -0.3 is 49.6 Å². The minimum atomic E-state index is -3.76. The van der Waals surface area contributed by atoms with Gasteiger partial charge in [0.2, 0.25) is 11.8 Å². The first-order valence-electron chi connectivity index (χ1n) is 25.3. The molecule has 6 aromatic rings. The van der Waals surface area contributed by atoms with Crippen LogP contribution in [-0.2, 0) is 35.8 Å². The van der Waals surface area contributed by atoms with Crippen LogP contribution in [0.15, 0.2) is 108 Å². The molecule has 5 heterocycles. The first-order valence-corrected chi connectivity index (χ1v) is 25.3. The van der Waals surface area contributed by atoms with Crippen molar-refractivity contribution in [2.45, 2.75) is 75.7 Å². The molecule has 3 aromatic carbocycles. The number of pyridine rings is 1. The van der Waals surface area contributed by atoms with Gasteiger partial charge in [-0.15, -0.1) is 8.78 Å². The maximum Gasteiger partial charge on any atom is 0.586 e. The number of nitrogens with one attached hydrogen (secondary N) is 3. The SMILES string of the molecule is Cc1ccc(NC(=O)C2(c3ccc4c(c3)OC(F)(F)O4)CC2)nc1-c1cccc(C(=O)NCCOCCOCCOCCNC(=O)c2ccc3c(=O)n(CC4(O)CCN(C(=O)C[C@@H](C)c5ccccc5)CC4)cnn23)c1. The lowest BCUT2D eigenvalue weighted by Gasteiger charge is -2.38. The average molecular weight is 1050 g/mol. The Bertz CT molecular complexity index is 3140. The maximum atomic E-state index is 13.6. The summed E-state index contributed by atoms with van der Waals surface area (Å²) >= 11 is 0. The van der Waals surface area contributed by atoms with Crippen molar-refractivity contribution < 1.29 is 56.7 Å². The summed E-state index contributed by atoms with van der Waals surface area (Å²) in [4.78, 5) is 72.6. The standard InChI is InChI=1S/C55H60F2N8O11/c1-36-11-16-46(62-52(70)54(17-18-54)41-12-15-44-45(33-41)76-55(56,57)75-44)61-48(36)39-9-6-10-40(32-39)49(67)58-21-25-72-27-29-74-30-28-73-26-22-59-50(68)42-13-14-43-51(69)64(35-60-65(42)43)34-53(71)19-23-63(24-20-53)47(66)31-37(2)38-7-4-3-5-8-38/h3-16,32-33,35,37,71H,17-31,34H2,1-2H3,(H,58,67)(H,59,68)(H,61,62,70)/t37-/m1/s1. The molecule has 4 amide bonds. The van der Waals surface area contributed by atoms with Crippen molar-refractivity contribution >= 4 is 35.0 Å². The van der Waals surface area contributed by atoms with Crippen LogP contribution in [0.1, 0.15) is 82.5 Å². The second-order valence-corrected chi connectivity index (χ2v) is 19.4. The van der Waals surface area contributed by atoms with Gasteiger partial charge in [-0.05, 0) is 97.7 Å². The number of rotatable bonds is 23. The number of likely N-dealkylation sites (tertiary alicyclic amines) is 1. The third kappa shape index (κ3) is 12.6. The van der Waals surface area contributed by atoms with Gasteiger partial charge in [-0.2, -0.15) is 5.10 Å². The van der Waals surface area contributed by atoms with Crippen LogP contribution in [0.25, 0.3) is 16.8 Å². The largest absolute Gasteiger partial charge is 0.586 e. The molecule has 21 heteroatoms. The summed E-state index contributed by atoms with van der Waals surface area (Å²) in [6.07, 6.45) is -0.388. The van der Waals surface area contributed by atoms with Crippen LogP contribution in [0.2, 0.25) is 0 Å². The minimum absolute atomic E-state index is 0.00833. The molecule has 19 nitrogen and oxygen atoms in total. The van der Waals surface area contributed by atoms with E-state index in [4.69, 9.17) is 19.2 Å². The number of ether oxygens (including phenoxy) is 5. The van der Waals surface area contributed by atoms with Gasteiger partial charge in [0.25, 0.3) is 17.4 Å². The highest BCUT2D eigenvalue weighted by atomic mass is 19.3. The second-order valence-electron chi connectivity index (χ2n) is 19.4. The van der Waals surface area contributed by atoms with Gasteiger partial charge in [0.15, 0.2) is 11.5 Å². The zero-order valence-corrected chi connectivity index (χ0v) is 42.2. The number of hydrogen-bond donors (Lipinski definition) is 4. The van der Waals surface area contributed by atoms with Gasteiger partial charge >= 0.3 is 6.29 Å². The number of anilines is 1. The third-order valence-corrected chi connectivity index (χ3v) is 13.9. The summed E-state index contributed by atoms with van der Waals surface area (Å²) in [7, 11) is 0. The van der Waals surface area contributed by atoms with Crippen LogP contribution in [0.5, 0.6) is 11.5 Å². The Balaban J connectivity index is 0.628. The van der Waals surface area contributed by atoms with Crippen LogP contribution < -0.4 is 31.0 Å². The first kappa shape index (κ1) is 53.2. The Morgan fingerprint density at radius 3 is 2.17 bits per heavy atom. The monoisotopic (exact) mass is 1050 g/mol. The van der Waals surface area contributed by atoms with E-state index in [1.165, 1.54) is 39.7 Å². The van der Waals surface area contributed by atoms with Crippen molar-refractivity contribution in [3.8, 4) is 22.8 Å². The second kappa shape index (κ2) is 23.1. The minimum Gasteiger partial charge on any atom is -0.395 e. The highest BCUT2D eigenvalue weighted by Gasteiger charge is 2.53. The molecule has 3 aromatic heterocycles. The fourth-order valence-corrected chi connectivity index (χ4v) is 9.41. The molecular weight excluding hydrogens is 987 g/mol. The third-order valence-electron chi connectivity index (χ3n) is 13.9. The maximum absolute atomic E-state index is 13.6. The highest BCUT2D eigenvalue weighted by Crippen LogP contribution is 2.52. The highest BCUT2D eigenvalue weighted by molar-refractivity contribution is 6.01. The van der Waals surface area contributed by atoms with Gasteiger partial charge in [-0.25, -0.2) is 9.50 Å². The molecule has 0 spiro atoms. The number of carbonyl (C=O) groups is 4. The predicted molar refractivity (Wildman–Crippen MR) is 273 cm³/mol.